The molecule has 150 valence electrons. The fourth-order valence-corrected chi connectivity index (χ4v) is 3.76. The fraction of sp³-hybridized carbons (Fsp3) is 0.318. The monoisotopic (exact) mass is 395 g/mol. The largest absolute Gasteiger partial charge is 0.496 e. The van der Waals surface area contributed by atoms with Crippen molar-refractivity contribution in [1.82, 2.24) is 9.97 Å². The molecule has 1 aliphatic rings. The van der Waals surface area contributed by atoms with Gasteiger partial charge in [-0.3, -0.25) is 0 Å². The van der Waals surface area contributed by atoms with E-state index >= 15 is 0 Å². The van der Waals surface area contributed by atoms with Crippen molar-refractivity contribution in [2.45, 2.75) is 25.8 Å². The highest BCUT2D eigenvalue weighted by Gasteiger charge is 2.26. The van der Waals surface area contributed by atoms with E-state index in [1.807, 2.05) is 0 Å². The smallest absolute Gasteiger partial charge is 0.341 e. The Labute approximate surface area is 168 Å². The SMILES string of the molecule is COC(=O)c1cc2nc(N3CCCC3C)c(-c3ccc(F)cc3)nc2cc1OC. The van der Waals surface area contributed by atoms with Crippen LogP contribution >= 0.6 is 0 Å². The Morgan fingerprint density at radius 2 is 1.86 bits per heavy atom. The third-order valence-electron chi connectivity index (χ3n) is 5.32. The molecule has 0 amide bonds. The summed E-state index contributed by atoms with van der Waals surface area (Å²) in [6, 6.07) is 9.88. The molecule has 1 aliphatic heterocycles. The number of rotatable bonds is 4. The first-order valence-electron chi connectivity index (χ1n) is 9.52. The summed E-state index contributed by atoms with van der Waals surface area (Å²) in [6.45, 7) is 3.02. The maximum atomic E-state index is 13.5. The third-order valence-corrected chi connectivity index (χ3v) is 5.32. The normalized spacial score (nSPS) is 16.3. The first-order valence-corrected chi connectivity index (χ1v) is 9.52. The van der Waals surface area contributed by atoms with Gasteiger partial charge < -0.3 is 14.4 Å². The molecule has 1 unspecified atom stereocenters. The lowest BCUT2D eigenvalue weighted by Crippen LogP contribution is -2.28. The summed E-state index contributed by atoms with van der Waals surface area (Å²) in [6.07, 6.45) is 2.14. The molecule has 2 heterocycles. The highest BCUT2D eigenvalue weighted by molar-refractivity contribution is 5.97. The predicted molar refractivity (Wildman–Crippen MR) is 109 cm³/mol. The topological polar surface area (TPSA) is 64.5 Å². The van der Waals surface area contributed by atoms with E-state index in [1.165, 1.54) is 26.4 Å². The van der Waals surface area contributed by atoms with Gasteiger partial charge in [0.1, 0.15) is 22.8 Å². The summed E-state index contributed by atoms with van der Waals surface area (Å²) in [5.74, 6) is 0.299. The number of aromatic nitrogens is 2. The number of methoxy groups -OCH3 is 2. The Balaban J connectivity index is 1.96. The Bertz CT molecular complexity index is 1070. The molecule has 6 nitrogen and oxygen atoms in total. The molecule has 0 N–H and O–H groups in total. The second-order valence-electron chi connectivity index (χ2n) is 7.12. The molecule has 1 atom stereocenters. The van der Waals surface area contributed by atoms with Crippen molar-refractivity contribution in [3.63, 3.8) is 0 Å². The second-order valence-corrected chi connectivity index (χ2v) is 7.12. The molecular formula is C22H22FN3O3. The quantitative estimate of drug-likeness (QED) is 0.617. The number of benzene rings is 2. The van der Waals surface area contributed by atoms with Crippen LogP contribution in [0.1, 0.15) is 30.1 Å². The Hall–Kier alpha value is -3.22. The number of anilines is 1. The molecule has 29 heavy (non-hydrogen) atoms. The zero-order valence-corrected chi connectivity index (χ0v) is 16.6. The number of halogens is 1. The van der Waals surface area contributed by atoms with Gasteiger partial charge in [0.25, 0.3) is 0 Å². The average Bonchev–Trinajstić information content (AvgIpc) is 3.17. The van der Waals surface area contributed by atoms with Gasteiger partial charge in [-0.05, 0) is 50.1 Å². The van der Waals surface area contributed by atoms with Crippen molar-refractivity contribution in [1.29, 1.82) is 0 Å². The Kier molecular flexibility index (Phi) is 5.05. The molecule has 3 aromatic rings. The van der Waals surface area contributed by atoms with Crippen LogP contribution in [0.15, 0.2) is 36.4 Å². The number of carbonyl (C=O) groups excluding carboxylic acids is 1. The maximum Gasteiger partial charge on any atom is 0.341 e. The number of fused-ring (bicyclic) bond motifs is 1. The molecule has 0 aliphatic carbocycles. The second kappa shape index (κ2) is 7.66. The summed E-state index contributed by atoms with van der Waals surface area (Å²) in [5, 5.41) is 0. The minimum atomic E-state index is -0.496. The van der Waals surface area contributed by atoms with Crippen LogP contribution in [0.2, 0.25) is 0 Å². The van der Waals surface area contributed by atoms with E-state index in [9.17, 15) is 9.18 Å². The van der Waals surface area contributed by atoms with Crippen molar-refractivity contribution >= 4 is 22.8 Å². The van der Waals surface area contributed by atoms with Gasteiger partial charge in [-0.1, -0.05) is 0 Å². The minimum Gasteiger partial charge on any atom is -0.496 e. The molecule has 1 fully saturated rings. The number of ether oxygens (including phenoxy) is 2. The zero-order valence-electron chi connectivity index (χ0n) is 16.6. The number of hydrogen-bond donors (Lipinski definition) is 0. The average molecular weight is 395 g/mol. The van der Waals surface area contributed by atoms with E-state index in [0.717, 1.165) is 30.8 Å². The predicted octanol–water partition coefficient (Wildman–Crippen LogP) is 4.22. The van der Waals surface area contributed by atoms with Crippen LogP contribution in [0.4, 0.5) is 10.2 Å². The first-order chi connectivity index (χ1) is 14.0. The van der Waals surface area contributed by atoms with E-state index in [0.29, 0.717) is 34.1 Å². The van der Waals surface area contributed by atoms with Crippen molar-refractivity contribution in [3.05, 3.63) is 47.8 Å². The lowest BCUT2D eigenvalue weighted by atomic mass is 10.1. The molecule has 0 radical (unpaired) electrons. The van der Waals surface area contributed by atoms with Crippen molar-refractivity contribution < 1.29 is 18.7 Å². The standard InChI is InChI=1S/C22H22FN3O3/c1-13-5-4-10-26(13)21-20(14-6-8-15(23)9-7-14)24-18-12-19(28-2)16(22(27)29-3)11-17(18)25-21/h6-9,11-13H,4-5,10H2,1-3H3. The van der Waals surface area contributed by atoms with Crippen LogP contribution in [-0.2, 0) is 4.74 Å². The molecule has 0 saturated carbocycles. The van der Waals surface area contributed by atoms with Gasteiger partial charge in [0, 0.05) is 24.2 Å². The molecule has 1 saturated heterocycles. The molecule has 0 bridgehead atoms. The molecule has 0 spiro atoms. The van der Waals surface area contributed by atoms with E-state index < -0.39 is 5.97 Å². The van der Waals surface area contributed by atoms with Crippen LogP contribution in [0.3, 0.4) is 0 Å². The third kappa shape index (κ3) is 3.48. The fourth-order valence-electron chi connectivity index (χ4n) is 3.76. The Morgan fingerprint density at radius 3 is 2.48 bits per heavy atom. The summed E-state index contributed by atoms with van der Waals surface area (Å²) < 4.78 is 23.7. The van der Waals surface area contributed by atoms with Crippen molar-refractivity contribution in [2.75, 3.05) is 25.7 Å². The van der Waals surface area contributed by atoms with Crippen molar-refractivity contribution in [2.24, 2.45) is 0 Å². The van der Waals surface area contributed by atoms with Crippen molar-refractivity contribution in [3.8, 4) is 17.0 Å². The van der Waals surface area contributed by atoms with Gasteiger partial charge in [0.05, 0.1) is 25.3 Å². The summed E-state index contributed by atoms with van der Waals surface area (Å²) in [4.78, 5) is 24.1. The van der Waals surface area contributed by atoms with E-state index in [2.05, 4.69) is 11.8 Å². The number of esters is 1. The van der Waals surface area contributed by atoms with E-state index in [-0.39, 0.29) is 5.82 Å². The minimum absolute atomic E-state index is 0.298. The van der Waals surface area contributed by atoms with Gasteiger partial charge in [0.2, 0.25) is 0 Å². The summed E-state index contributed by atoms with van der Waals surface area (Å²) in [7, 11) is 2.81. The Morgan fingerprint density at radius 1 is 1.14 bits per heavy atom. The highest BCUT2D eigenvalue weighted by atomic mass is 19.1. The van der Waals surface area contributed by atoms with E-state index in [1.54, 1.807) is 24.3 Å². The molecule has 1 aromatic heterocycles. The lowest BCUT2D eigenvalue weighted by Gasteiger charge is -2.25. The van der Waals surface area contributed by atoms with Crippen LogP contribution in [-0.4, -0.2) is 42.7 Å². The number of carbonyl (C=O) groups is 1. The number of nitrogens with zero attached hydrogens (tertiary/aromatic N) is 3. The van der Waals surface area contributed by atoms with Gasteiger partial charge >= 0.3 is 5.97 Å². The van der Waals surface area contributed by atoms with Crippen LogP contribution in [0.25, 0.3) is 22.3 Å². The zero-order chi connectivity index (χ0) is 20.5. The summed E-state index contributed by atoms with van der Waals surface area (Å²) in [5.41, 5.74) is 2.92. The van der Waals surface area contributed by atoms with Gasteiger partial charge in [0.15, 0.2) is 5.82 Å². The maximum absolute atomic E-state index is 13.5. The molecule has 2 aromatic carbocycles. The molecule has 7 heteroatoms. The molecule has 4 rings (SSSR count). The van der Waals surface area contributed by atoms with Gasteiger partial charge in [-0.25, -0.2) is 19.2 Å². The van der Waals surface area contributed by atoms with Crippen LogP contribution < -0.4 is 9.64 Å². The molecular weight excluding hydrogens is 373 g/mol. The number of hydrogen-bond acceptors (Lipinski definition) is 6. The lowest BCUT2D eigenvalue weighted by molar-refractivity contribution is 0.0597. The van der Waals surface area contributed by atoms with Crippen LogP contribution in [0.5, 0.6) is 5.75 Å². The highest BCUT2D eigenvalue weighted by Crippen LogP contribution is 2.35. The van der Waals surface area contributed by atoms with Gasteiger partial charge in [-0.15, -0.1) is 0 Å². The van der Waals surface area contributed by atoms with E-state index in [4.69, 9.17) is 19.4 Å². The van der Waals surface area contributed by atoms with Crippen LogP contribution in [0, 0.1) is 5.82 Å². The van der Waals surface area contributed by atoms with Gasteiger partial charge in [-0.2, -0.15) is 0 Å². The summed E-state index contributed by atoms with van der Waals surface area (Å²) >= 11 is 0. The first kappa shape index (κ1) is 19.1.